The number of carbonyl (C=O) groups is 1. The van der Waals surface area contributed by atoms with Crippen molar-refractivity contribution in [3.8, 4) is 6.07 Å². The second-order valence-corrected chi connectivity index (χ2v) is 5.20. The van der Waals surface area contributed by atoms with Crippen LogP contribution < -0.4 is 11.1 Å². The van der Waals surface area contributed by atoms with Gasteiger partial charge in [-0.25, -0.2) is 0 Å². The summed E-state index contributed by atoms with van der Waals surface area (Å²) in [4.78, 5) is 11.8. The molecule has 84 valence electrons. The lowest BCUT2D eigenvalue weighted by Gasteiger charge is -2.00. The number of nitrogens with two attached hydrogens (primary N) is 1. The van der Waals surface area contributed by atoms with Crippen molar-refractivity contribution < 1.29 is 4.79 Å². The van der Waals surface area contributed by atoms with Crippen LogP contribution in [-0.4, -0.2) is 11.8 Å². The van der Waals surface area contributed by atoms with Crippen LogP contribution in [0.15, 0.2) is 0 Å². The van der Waals surface area contributed by atoms with Crippen molar-refractivity contribution in [1.82, 2.24) is 0 Å². The minimum absolute atomic E-state index is 0.0871. The van der Waals surface area contributed by atoms with E-state index in [4.69, 9.17) is 11.0 Å². The van der Waals surface area contributed by atoms with E-state index < -0.39 is 0 Å². The van der Waals surface area contributed by atoms with Gasteiger partial charge in [0.2, 0.25) is 0 Å². The molecule has 1 aliphatic carbocycles. The van der Waals surface area contributed by atoms with Crippen LogP contribution in [0, 0.1) is 17.2 Å². The number of carbonyl (C=O) groups excluding carboxylic acids is 1. The molecule has 2 rings (SSSR count). The van der Waals surface area contributed by atoms with Crippen molar-refractivity contribution in [2.75, 3.05) is 11.1 Å². The maximum Gasteiger partial charge on any atom is 0.171 e. The molecule has 5 heteroatoms. The van der Waals surface area contributed by atoms with E-state index >= 15 is 0 Å². The molecule has 0 saturated heterocycles. The molecule has 0 radical (unpaired) electrons. The Labute approximate surface area is 98.1 Å². The summed E-state index contributed by atoms with van der Waals surface area (Å²) in [7, 11) is 0. The summed E-state index contributed by atoms with van der Waals surface area (Å²) in [5, 5.41) is 13.0. The van der Waals surface area contributed by atoms with Gasteiger partial charge in [-0.1, -0.05) is 6.92 Å². The van der Waals surface area contributed by atoms with Gasteiger partial charge in [0.25, 0.3) is 0 Å². The van der Waals surface area contributed by atoms with Gasteiger partial charge in [0.05, 0.1) is 10.6 Å². The number of hydrogen-bond donors (Lipinski definition) is 2. The van der Waals surface area contributed by atoms with Crippen LogP contribution in [0.5, 0.6) is 0 Å². The van der Waals surface area contributed by atoms with Crippen LogP contribution >= 0.6 is 11.3 Å². The number of nitrogen functional groups attached to an aromatic ring is 1. The normalized spacial score (nSPS) is 22.6. The molecule has 1 fully saturated rings. The number of nitrogens with zero attached hydrogens (tertiary/aromatic N) is 1. The maximum atomic E-state index is 11.3. The fourth-order valence-electron chi connectivity index (χ4n) is 1.61. The molecule has 3 N–H and O–H groups in total. The third kappa shape index (κ3) is 1.76. The number of Topliss-reactive ketones (excluding diaryl/α,β-unsaturated/α-hetero) is 1. The monoisotopic (exact) mass is 235 g/mol. The first-order chi connectivity index (χ1) is 7.54. The zero-order chi connectivity index (χ0) is 11.9. The van der Waals surface area contributed by atoms with Crippen molar-refractivity contribution in [1.29, 1.82) is 5.26 Å². The van der Waals surface area contributed by atoms with Crippen LogP contribution in [0.2, 0.25) is 0 Å². The van der Waals surface area contributed by atoms with Gasteiger partial charge in [0.1, 0.15) is 16.6 Å². The summed E-state index contributed by atoms with van der Waals surface area (Å²) in [5.41, 5.74) is 6.50. The highest BCUT2D eigenvalue weighted by atomic mass is 32.1. The highest BCUT2D eigenvalue weighted by Gasteiger charge is 2.34. The van der Waals surface area contributed by atoms with E-state index in [1.54, 1.807) is 0 Å². The lowest BCUT2D eigenvalue weighted by Crippen LogP contribution is -2.03. The van der Waals surface area contributed by atoms with Gasteiger partial charge < -0.3 is 11.1 Å². The molecule has 4 nitrogen and oxygen atoms in total. The predicted octanol–water partition coefficient (Wildman–Crippen LogP) is 2.22. The minimum Gasteiger partial charge on any atom is -0.396 e. The van der Waals surface area contributed by atoms with Crippen molar-refractivity contribution in [2.45, 2.75) is 26.3 Å². The highest BCUT2D eigenvalue weighted by Crippen LogP contribution is 2.40. The summed E-state index contributed by atoms with van der Waals surface area (Å²) in [6.45, 7) is 3.61. The number of nitriles is 1. The molecule has 2 unspecified atom stereocenters. The lowest BCUT2D eigenvalue weighted by molar-refractivity contribution is 0.102. The van der Waals surface area contributed by atoms with Crippen LogP contribution in [0.3, 0.4) is 0 Å². The average Bonchev–Trinajstić information content (AvgIpc) is 2.79. The number of ketones is 1. The van der Waals surface area contributed by atoms with Gasteiger partial charge in [0, 0.05) is 13.0 Å². The summed E-state index contributed by atoms with van der Waals surface area (Å²) >= 11 is 1.28. The van der Waals surface area contributed by atoms with E-state index in [1.165, 1.54) is 18.3 Å². The summed E-state index contributed by atoms with van der Waals surface area (Å²) in [6, 6.07) is 2.48. The van der Waals surface area contributed by atoms with Crippen LogP contribution in [0.25, 0.3) is 0 Å². The Morgan fingerprint density at radius 1 is 1.69 bits per heavy atom. The molecule has 1 aliphatic rings. The van der Waals surface area contributed by atoms with Crippen LogP contribution in [-0.2, 0) is 0 Å². The van der Waals surface area contributed by atoms with Crippen molar-refractivity contribution in [2.24, 2.45) is 5.92 Å². The molecule has 16 heavy (non-hydrogen) atoms. The summed E-state index contributed by atoms with van der Waals surface area (Å²) in [5.74, 6) is 0.548. The van der Waals surface area contributed by atoms with E-state index in [1.807, 2.05) is 0 Å². The number of thiophene rings is 1. The first kappa shape index (κ1) is 11.0. The standard InChI is InChI=1S/C11H13N3OS/c1-5-3-8(5)14-11-7(4-12)9(13)10(16-11)6(2)15/h5,8,14H,3,13H2,1-2H3. The molecular weight excluding hydrogens is 222 g/mol. The minimum atomic E-state index is -0.0871. The van der Waals surface area contributed by atoms with Crippen LogP contribution in [0.1, 0.15) is 35.5 Å². The molecule has 0 spiro atoms. The molecule has 1 heterocycles. The first-order valence-corrected chi connectivity index (χ1v) is 5.96. The molecular formula is C11H13N3OS. The quantitative estimate of drug-likeness (QED) is 0.787. The Bertz CT molecular complexity index is 486. The fourth-order valence-corrected chi connectivity index (χ4v) is 2.64. The largest absolute Gasteiger partial charge is 0.396 e. The molecule has 0 aromatic carbocycles. The number of hydrogen-bond acceptors (Lipinski definition) is 5. The van der Waals surface area contributed by atoms with E-state index in [2.05, 4.69) is 18.3 Å². The van der Waals surface area contributed by atoms with Gasteiger partial charge >= 0.3 is 0 Å². The highest BCUT2D eigenvalue weighted by molar-refractivity contribution is 7.19. The van der Waals surface area contributed by atoms with E-state index in [9.17, 15) is 4.79 Å². The van der Waals surface area contributed by atoms with Gasteiger partial charge in [-0.05, 0) is 12.3 Å². The van der Waals surface area contributed by atoms with E-state index in [0.29, 0.717) is 28.1 Å². The van der Waals surface area contributed by atoms with Crippen molar-refractivity contribution in [3.05, 3.63) is 10.4 Å². The van der Waals surface area contributed by atoms with Crippen LogP contribution in [0.4, 0.5) is 10.7 Å². The number of anilines is 2. The predicted molar refractivity (Wildman–Crippen MR) is 64.6 cm³/mol. The molecule has 1 saturated carbocycles. The lowest BCUT2D eigenvalue weighted by atomic mass is 10.2. The topological polar surface area (TPSA) is 78.9 Å². The van der Waals surface area contributed by atoms with Crippen molar-refractivity contribution >= 4 is 27.8 Å². The fraction of sp³-hybridized carbons (Fsp3) is 0.455. The van der Waals surface area contributed by atoms with Gasteiger partial charge in [0.15, 0.2) is 5.78 Å². The Morgan fingerprint density at radius 2 is 2.31 bits per heavy atom. The number of nitrogens with one attached hydrogen (secondary N) is 1. The summed E-state index contributed by atoms with van der Waals surface area (Å²) in [6.07, 6.45) is 1.11. The van der Waals surface area contributed by atoms with Gasteiger partial charge in [-0.15, -0.1) is 11.3 Å². The Hall–Kier alpha value is -1.54. The molecule has 0 amide bonds. The number of rotatable bonds is 3. The first-order valence-electron chi connectivity index (χ1n) is 5.14. The third-order valence-electron chi connectivity index (χ3n) is 2.80. The second-order valence-electron chi connectivity index (χ2n) is 4.18. The zero-order valence-corrected chi connectivity index (χ0v) is 10.0. The van der Waals surface area contributed by atoms with Gasteiger partial charge in [-0.2, -0.15) is 5.26 Å². The molecule has 1 aromatic heterocycles. The smallest absolute Gasteiger partial charge is 0.171 e. The van der Waals surface area contributed by atoms with E-state index in [0.717, 1.165) is 11.4 Å². The summed E-state index contributed by atoms with van der Waals surface area (Å²) < 4.78 is 0. The average molecular weight is 235 g/mol. The molecule has 0 aliphatic heterocycles. The van der Waals surface area contributed by atoms with E-state index in [-0.39, 0.29) is 5.78 Å². The SMILES string of the molecule is CC(=O)c1sc(NC2CC2C)c(C#N)c1N. The van der Waals surface area contributed by atoms with Crippen molar-refractivity contribution in [3.63, 3.8) is 0 Å². The zero-order valence-electron chi connectivity index (χ0n) is 9.20. The second kappa shape index (κ2) is 3.80. The van der Waals surface area contributed by atoms with Gasteiger partial charge in [-0.3, -0.25) is 4.79 Å². The Morgan fingerprint density at radius 3 is 2.75 bits per heavy atom. The molecule has 2 atom stereocenters. The third-order valence-corrected chi connectivity index (χ3v) is 4.04. The Kier molecular flexibility index (Phi) is 2.60. The Balaban J connectivity index is 2.33. The molecule has 0 bridgehead atoms. The maximum absolute atomic E-state index is 11.3. The molecule has 1 aromatic rings.